The normalized spacial score (nSPS) is 12.7. The standard InChI is InChI=1S/C23H27NO4/c1-14(2)24(15(3)4)23(26)16(5)28-21(25)12-18-13-27-20-11-10-17-8-6-7-9-19(17)22(18)20/h6-11,13-16H,12H2,1-5H3/t16-/m0/s1. The number of rotatable bonds is 6. The zero-order valence-electron chi connectivity index (χ0n) is 17.1. The third-order valence-corrected chi connectivity index (χ3v) is 4.90. The zero-order chi connectivity index (χ0) is 20.4. The van der Waals surface area contributed by atoms with Gasteiger partial charge in [-0.3, -0.25) is 9.59 Å². The molecule has 0 saturated heterocycles. The fraction of sp³-hybridized carbons (Fsp3) is 0.391. The summed E-state index contributed by atoms with van der Waals surface area (Å²) >= 11 is 0. The Bertz CT molecular complexity index is 994. The number of ether oxygens (including phenoxy) is 1. The van der Waals surface area contributed by atoms with Crippen LogP contribution < -0.4 is 0 Å². The van der Waals surface area contributed by atoms with Crippen molar-refractivity contribution in [3.05, 3.63) is 48.2 Å². The van der Waals surface area contributed by atoms with Crippen LogP contribution in [-0.2, 0) is 20.7 Å². The van der Waals surface area contributed by atoms with Crippen molar-refractivity contribution in [2.45, 2.75) is 59.2 Å². The Hall–Kier alpha value is -2.82. The molecular formula is C23H27NO4. The summed E-state index contributed by atoms with van der Waals surface area (Å²) in [6.45, 7) is 9.44. The SMILES string of the molecule is CC(C)N(C(=O)[C@H](C)OC(=O)Cc1coc2ccc3ccccc3c12)C(C)C. The third-order valence-electron chi connectivity index (χ3n) is 4.90. The topological polar surface area (TPSA) is 59.8 Å². The van der Waals surface area contributed by atoms with Crippen LogP contribution in [0.15, 0.2) is 47.1 Å². The molecule has 3 aromatic rings. The van der Waals surface area contributed by atoms with Gasteiger partial charge in [0.1, 0.15) is 5.58 Å². The summed E-state index contributed by atoms with van der Waals surface area (Å²) in [6, 6.07) is 12.0. The highest BCUT2D eigenvalue weighted by molar-refractivity contribution is 6.08. The van der Waals surface area contributed by atoms with Crippen molar-refractivity contribution in [1.29, 1.82) is 0 Å². The van der Waals surface area contributed by atoms with Crippen LogP contribution in [0.1, 0.15) is 40.2 Å². The number of benzene rings is 2. The summed E-state index contributed by atoms with van der Waals surface area (Å²) in [5.41, 5.74) is 1.50. The number of amides is 1. The molecule has 5 heteroatoms. The first-order valence-corrected chi connectivity index (χ1v) is 9.69. The van der Waals surface area contributed by atoms with Gasteiger partial charge in [-0.1, -0.05) is 30.3 Å². The predicted molar refractivity (Wildman–Crippen MR) is 110 cm³/mol. The highest BCUT2D eigenvalue weighted by atomic mass is 16.5. The molecule has 1 amide bonds. The number of furan rings is 1. The molecule has 0 saturated carbocycles. The van der Waals surface area contributed by atoms with Gasteiger partial charge in [-0.2, -0.15) is 0 Å². The molecule has 1 atom stereocenters. The smallest absolute Gasteiger partial charge is 0.311 e. The van der Waals surface area contributed by atoms with Gasteiger partial charge in [-0.25, -0.2) is 0 Å². The van der Waals surface area contributed by atoms with Gasteiger partial charge in [-0.15, -0.1) is 0 Å². The Balaban J connectivity index is 1.78. The van der Waals surface area contributed by atoms with E-state index < -0.39 is 12.1 Å². The molecule has 1 aromatic heterocycles. The van der Waals surface area contributed by atoms with E-state index in [4.69, 9.17) is 9.15 Å². The van der Waals surface area contributed by atoms with Gasteiger partial charge in [-0.05, 0) is 51.5 Å². The van der Waals surface area contributed by atoms with Crippen molar-refractivity contribution in [2.24, 2.45) is 0 Å². The zero-order valence-corrected chi connectivity index (χ0v) is 17.1. The summed E-state index contributed by atoms with van der Waals surface area (Å²) in [4.78, 5) is 26.9. The van der Waals surface area contributed by atoms with Crippen LogP contribution in [0.25, 0.3) is 21.7 Å². The lowest BCUT2D eigenvalue weighted by Crippen LogP contribution is -2.47. The fourth-order valence-corrected chi connectivity index (χ4v) is 3.76. The molecule has 0 aliphatic carbocycles. The first-order chi connectivity index (χ1) is 13.3. The van der Waals surface area contributed by atoms with Crippen molar-refractivity contribution in [3.63, 3.8) is 0 Å². The molecule has 0 unspecified atom stereocenters. The highest BCUT2D eigenvalue weighted by Gasteiger charge is 2.28. The maximum Gasteiger partial charge on any atom is 0.311 e. The van der Waals surface area contributed by atoms with E-state index in [1.165, 1.54) is 0 Å². The second kappa shape index (κ2) is 8.05. The first-order valence-electron chi connectivity index (χ1n) is 9.69. The van der Waals surface area contributed by atoms with E-state index in [0.717, 1.165) is 27.3 Å². The van der Waals surface area contributed by atoms with Crippen molar-refractivity contribution in [2.75, 3.05) is 0 Å². The van der Waals surface area contributed by atoms with Crippen molar-refractivity contribution in [3.8, 4) is 0 Å². The van der Waals surface area contributed by atoms with Crippen LogP contribution in [0.5, 0.6) is 0 Å². The molecule has 0 aliphatic rings. The van der Waals surface area contributed by atoms with Gasteiger partial charge in [0.2, 0.25) is 0 Å². The van der Waals surface area contributed by atoms with Gasteiger partial charge < -0.3 is 14.1 Å². The molecule has 0 bridgehead atoms. The number of hydrogen-bond acceptors (Lipinski definition) is 4. The van der Waals surface area contributed by atoms with E-state index in [-0.39, 0.29) is 24.4 Å². The van der Waals surface area contributed by atoms with Crippen LogP contribution in [0, 0.1) is 0 Å². The quantitative estimate of drug-likeness (QED) is 0.581. The second-order valence-electron chi connectivity index (χ2n) is 7.66. The number of carbonyl (C=O) groups excluding carboxylic acids is 2. The number of hydrogen-bond donors (Lipinski definition) is 0. The molecule has 1 heterocycles. The summed E-state index contributed by atoms with van der Waals surface area (Å²) in [5, 5.41) is 3.03. The monoisotopic (exact) mass is 381 g/mol. The minimum atomic E-state index is -0.827. The molecule has 5 nitrogen and oxygen atoms in total. The minimum Gasteiger partial charge on any atom is -0.464 e. The molecule has 2 aromatic carbocycles. The Morgan fingerprint density at radius 1 is 1.00 bits per heavy atom. The summed E-state index contributed by atoms with van der Waals surface area (Å²) in [7, 11) is 0. The van der Waals surface area contributed by atoms with Gasteiger partial charge in [0.15, 0.2) is 6.10 Å². The van der Waals surface area contributed by atoms with E-state index in [9.17, 15) is 9.59 Å². The Morgan fingerprint density at radius 2 is 1.68 bits per heavy atom. The highest BCUT2D eigenvalue weighted by Crippen LogP contribution is 2.30. The first kappa shape index (κ1) is 19.9. The van der Waals surface area contributed by atoms with Crippen LogP contribution in [0.4, 0.5) is 0 Å². The van der Waals surface area contributed by atoms with E-state index in [2.05, 4.69) is 0 Å². The van der Waals surface area contributed by atoms with Gasteiger partial charge in [0.25, 0.3) is 5.91 Å². The average Bonchev–Trinajstić information content (AvgIpc) is 3.04. The molecule has 0 radical (unpaired) electrons. The van der Waals surface area contributed by atoms with Crippen molar-refractivity contribution in [1.82, 2.24) is 4.90 Å². The molecule has 0 fully saturated rings. The largest absolute Gasteiger partial charge is 0.464 e. The maximum absolute atomic E-state index is 12.7. The lowest BCUT2D eigenvalue weighted by atomic mass is 10.0. The third kappa shape index (κ3) is 3.88. The Morgan fingerprint density at radius 3 is 2.36 bits per heavy atom. The minimum absolute atomic E-state index is 0.0397. The van der Waals surface area contributed by atoms with E-state index in [0.29, 0.717) is 0 Å². The molecule has 0 spiro atoms. The Labute approximate surface area is 165 Å². The molecule has 28 heavy (non-hydrogen) atoms. The van der Waals surface area contributed by atoms with E-state index >= 15 is 0 Å². The molecule has 0 aliphatic heterocycles. The summed E-state index contributed by atoms with van der Waals surface area (Å²) in [5.74, 6) is -0.621. The molecule has 148 valence electrons. The van der Waals surface area contributed by atoms with Crippen molar-refractivity contribution >= 4 is 33.6 Å². The molecule has 3 rings (SSSR count). The number of fused-ring (bicyclic) bond motifs is 3. The van der Waals surface area contributed by atoms with Crippen LogP contribution in [-0.4, -0.2) is 35.0 Å². The van der Waals surface area contributed by atoms with E-state index in [1.807, 2.05) is 64.1 Å². The summed E-state index contributed by atoms with van der Waals surface area (Å²) in [6.07, 6.45) is 0.827. The number of esters is 1. The van der Waals surface area contributed by atoms with E-state index in [1.54, 1.807) is 18.1 Å². The molecular weight excluding hydrogens is 354 g/mol. The lowest BCUT2D eigenvalue weighted by molar-refractivity contribution is -0.160. The van der Waals surface area contributed by atoms with Gasteiger partial charge in [0.05, 0.1) is 12.7 Å². The van der Waals surface area contributed by atoms with Crippen LogP contribution in [0.3, 0.4) is 0 Å². The van der Waals surface area contributed by atoms with Gasteiger partial charge in [0, 0.05) is 23.0 Å². The Kier molecular flexibility index (Phi) is 5.73. The predicted octanol–water partition coefficient (Wildman–Crippen LogP) is 4.71. The lowest BCUT2D eigenvalue weighted by Gasteiger charge is -2.32. The second-order valence-corrected chi connectivity index (χ2v) is 7.66. The maximum atomic E-state index is 12.7. The fourth-order valence-electron chi connectivity index (χ4n) is 3.76. The average molecular weight is 381 g/mol. The van der Waals surface area contributed by atoms with Gasteiger partial charge >= 0.3 is 5.97 Å². The number of carbonyl (C=O) groups is 2. The number of nitrogens with zero attached hydrogens (tertiary/aromatic N) is 1. The van der Waals surface area contributed by atoms with Crippen molar-refractivity contribution < 1.29 is 18.7 Å². The summed E-state index contributed by atoms with van der Waals surface area (Å²) < 4.78 is 11.1. The molecule has 0 N–H and O–H groups in total. The van der Waals surface area contributed by atoms with Crippen LogP contribution in [0.2, 0.25) is 0 Å². The van der Waals surface area contributed by atoms with Crippen LogP contribution >= 0.6 is 0 Å².